The Labute approximate surface area is 161 Å². The van der Waals surface area contributed by atoms with Gasteiger partial charge in [0.2, 0.25) is 0 Å². The van der Waals surface area contributed by atoms with Gasteiger partial charge in [-0.3, -0.25) is 4.79 Å². The maximum atomic E-state index is 12.9. The number of amides is 1. The van der Waals surface area contributed by atoms with Crippen LogP contribution >= 0.6 is 0 Å². The van der Waals surface area contributed by atoms with E-state index < -0.39 is 6.10 Å². The molecule has 0 unspecified atom stereocenters. The number of carbonyl (C=O) groups excluding carboxylic acids is 1. The molecule has 4 nitrogen and oxygen atoms in total. The summed E-state index contributed by atoms with van der Waals surface area (Å²) in [4.78, 5) is 17.2. The summed E-state index contributed by atoms with van der Waals surface area (Å²) in [7, 11) is 0. The van der Waals surface area contributed by atoms with Gasteiger partial charge in [0, 0.05) is 31.9 Å². The van der Waals surface area contributed by atoms with Crippen LogP contribution in [-0.4, -0.2) is 43.1 Å². The smallest absolute Gasteiger partial charge is 0.263 e. The first-order valence-corrected chi connectivity index (χ1v) is 10.1. The molecule has 2 aromatic carbocycles. The Kier molecular flexibility index (Phi) is 5.33. The SMILES string of the molecule is C[C@@H](Oc1cccc2c1CCCC2)C(=O)N1CCN(c2ccccc2)CC1. The molecule has 0 bridgehead atoms. The molecule has 1 heterocycles. The number of carbonyl (C=O) groups is 1. The van der Waals surface area contributed by atoms with Crippen molar-refractivity contribution in [2.45, 2.75) is 38.7 Å². The Morgan fingerprint density at radius 1 is 0.926 bits per heavy atom. The molecule has 0 radical (unpaired) electrons. The Bertz CT molecular complexity index is 782. The number of hydrogen-bond donors (Lipinski definition) is 0. The minimum absolute atomic E-state index is 0.0936. The minimum atomic E-state index is -0.443. The van der Waals surface area contributed by atoms with E-state index in [1.54, 1.807) is 0 Å². The molecule has 2 aliphatic rings. The van der Waals surface area contributed by atoms with E-state index in [0.29, 0.717) is 0 Å². The van der Waals surface area contributed by atoms with Crippen molar-refractivity contribution >= 4 is 11.6 Å². The van der Waals surface area contributed by atoms with Gasteiger partial charge in [0.15, 0.2) is 6.10 Å². The number of fused-ring (bicyclic) bond motifs is 1. The van der Waals surface area contributed by atoms with Crippen molar-refractivity contribution in [3.8, 4) is 5.75 Å². The fourth-order valence-corrected chi connectivity index (χ4v) is 4.18. The van der Waals surface area contributed by atoms with Crippen LogP contribution < -0.4 is 9.64 Å². The van der Waals surface area contributed by atoms with Crippen LogP contribution in [0.15, 0.2) is 48.5 Å². The van der Waals surface area contributed by atoms with Crippen LogP contribution in [0.5, 0.6) is 5.75 Å². The van der Waals surface area contributed by atoms with E-state index in [1.165, 1.54) is 29.7 Å². The largest absolute Gasteiger partial charge is 0.481 e. The molecule has 0 spiro atoms. The lowest BCUT2D eigenvalue weighted by Gasteiger charge is -2.37. The van der Waals surface area contributed by atoms with Gasteiger partial charge in [-0.25, -0.2) is 0 Å². The molecule has 2 aromatic rings. The molecule has 4 heteroatoms. The highest BCUT2D eigenvalue weighted by Gasteiger charge is 2.27. The van der Waals surface area contributed by atoms with Crippen molar-refractivity contribution < 1.29 is 9.53 Å². The van der Waals surface area contributed by atoms with Gasteiger partial charge in [-0.15, -0.1) is 0 Å². The average Bonchev–Trinajstić information content (AvgIpc) is 2.74. The second-order valence-corrected chi connectivity index (χ2v) is 7.51. The zero-order valence-corrected chi connectivity index (χ0v) is 16.1. The Hall–Kier alpha value is -2.49. The quantitative estimate of drug-likeness (QED) is 0.830. The lowest BCUT2D eigenvalue weighted by Crippen LogP contribution is -2.52. The van der Waals surface area contributed by atoms with Crippen LogP contribution in [0.25, 0.3) is 0 Å². The van der Waals surface area contributed by atoms with Crippen LogP contribution in [0.4, 0.5) is 5.69 Å². The number of aryl methyl sites for hydroxylation is 1. The number of ether oxygens (including phenoxy) is 1. The second-order valence-electron chi connectivity index (χ2n) is 7.51. The fourth-order valence-electron chi connectivity index (χ4n) is 4.18. The molecule has 1 saturated heterocycles. The van der Waals surface area contributed by atoms with Gasteiger partial charge in [0.1, 0.15) is 5.75 Å². The number of piperazine rings is 1. The summed E-state index contributed by atoms with van der Waals surface area (Å²) in [5.74, 6) is 0.993. The van der Waals surface area contributed by atoms with Crippen LogP contribution in [0, 0.1) is 0 Å². The summed E-state index contributed by atoms with van der Waals surface area (Å²) < 4.78 is 6.13. The predicted molar refractivity (Wildman–Crippen MR) is 108 cm³/mol. The molecule has 4 rings (SSSR count). The molecule has 1 amide bonds. The predicted octanol–water partition coefficient (Wildman–Crippen LogP) is 3.68. The molecule has 1 aliphatic carbocycles. The molecule has 0 saturated carbocycles. The van der Waals surface area contributed by atoms with E-state index in [0.717, 1.165) is 44.8 Å². The van der Waals surface area contributed by atoms with Crippen molar-refractivity contribution in [2.24, 2.45) is 0 Å². The molecule has 0 N–H and O–H groups in total. The molecular formula is C23H28N2O2. The summed E-state index contributed by atoms with van der Waals surface area (Å²) in [6, 6.07) is 16.7. The molecule has 27 heavy (non-hydrogen) atoms. The third kappa shape index (κ3) is 3.95. The molecule has 1 aliphatic heterocycles. The Balaban J connectivity index is 1.36. The van der Waals surface area contributed by atoms with Crippen molar-refractivity contribution in [1.29, 1.82) is 0 Å². The number of para-hydroxylation sites is 1. The third-order valence-electron chi connectivity index (χ3n) is 5.72. The summed E-state index contributed by atoms with van der Waals surface area (Å²) in [5, 5.41) is 0. The van der Waals surface area contributed by atoms with Gasteiger partial charge in [-0.1, -0.05) is 30.3 Å². The van der Waals surface area contributed by atoms with Crippen LogP contribution in [0.2, 0.25) is 0 Å². The first-order chi connectivity index (χ1) is 13.2. The van der Waals surface area contributed by atoms with Crippen molar-refractivity contribution in [1.82, 2.24) is 4.90 Å². The fraction of sp³-hybridized carbons (Fsp3) is 0.435. The minimum Gasteiger partial charge on any atom is -0.481 e. The highest BCUT2D eigenvalue weighted by Crippen LogP contribution is 2.30. The number of hydrogen-bond acceptors (Lipinski definition) is 3. The number of rotatable bonds is 4. The zero-order valence-electron chi connectivity index (χ0n) is 16.1. The summed E-state index contributed by atoms with van der Waals surface area (Å²) in [5.41, 5.74) is 3.91. The monoisotopic (exact) mass is 364 g/mol. The standard InChI is InChI=1S/C23H28N2O2/c1-18(27-22-13-7-9-19-8-5-6-12-21(19)22)23(26)25-16-14-24(15-17-25)20-10-3-2-4-11-20/h2-4,7,9-11,13,18H,5-6,8,12,14-17H2,1H3/t18-/m1/s1. The molecular weight excluding hydrogens is 336 g/mol. The summed E-state index contributed by atoms with van der Waals surface area (Å²) in [6.07, 6.45) is 4.19. The maximum Gasteiger partial charge on any atom is 0.263 e. The second kappa shape index (κ2) is 8.03. The normalized spacial score (nSPS) is 18.0. The lowest BCUT2D eigenvalue weighted by molar-refractivity contribution is -0.138. The van der Waals surface area contributed by atoms with E-state index in [4.69, 9.17) is 4.74 Å². The maximum absolute atomic E-state index is 12.9. The topological polar surface area (TPSA) is 32.8 Å². The van der Waals surface area contributed by atoms with Gasteiger partial charge in [-0.05, 0) is 61.9 Å². The summed E-state index contributed by atoms with van der Waals surface area (Å²) in [6.45, 7) is 5.10. The van der Waals surface area contributed by atoms with E-state index in [9.17, 15) is 4.79 Å². The van der Waals surface area contributed by atoms with E-state index in [1.807, 2.05) is 24.0 Å². The van der Waals surface area contributed by atoms with Crippen molar-refractivity contribution in [3.05, 3.63) is 59.7 Å². The van der Waals surface area contributed by atoms with Crippen molar-refractivity contribution in [3.63, 3.8) is 0 Å². The van der Waals surface area contributed by atoms with Crippen LogP contribution in [0.3, 0.4) is 0 Å². The van der Waals surface area contributed by atoms with Gasteiger partial charge >= 0.3 is 0 Å². The van der Waals surface area contributed by atoms with Crippen molar-refractivity contribution in [2.75, 3.05) is 31.1 Å². The Morgan fingerprint density at radius 2 is 1.67 bits per heavy atom. The number of benzene rings is 2. The Morgan fingerprint density at radius 3 is 2.44 bits per heavy atom. The zero-order chi connectivity index (χ0) is 18.6. The first kappa shape index (κ1) is 17.9. The van der Waals surface area contributed by atoms with Gasteiger partial charge in [-0.2, -0.15) is 0 Å². The average molecular weight is 364 g/mol. The molecule has 142 valence electrons. The highest BCUT2D eigenvalue weighted by molar-refractivity contribution is 5.81. The third-order valence-corrected chi connectivity index (χ3v) is 5.72. The van der Waals surface area contributed by atoms with Crippen LogP contribution in [-0.2, 0) is 17.6 Å². The first-order valence-electron chi connectivity index (χ1n) is 10.1. The molecule has 1 fully saturated rings. The van der Waals surface area contributed by atoms with Gasteiger partial charge in [0.05, 0.1) is 0 Å². The van der Waals surface area contributed by atoms with E-state index in [-0.39, 0.29) is 5.91 Å². The molecule has 1 atom stereocenters. The van der Waals surface area contributed by atoms with E-state index >= 15 is 0 Å². The van der Waals surface area contributed by atoms with Crippen LogP contribution in [0.1, 0.15) is 30.9 Å². The molecule has 0 aromatic heterocycles. The lowest BCUT2D eigenvalue weighted by atomic mass is 9.91. The van der Waals surface area contributed by atoms with Gasteiger partial charge < -0.3 is 14.5 Å². The number of anilines is 1. The van der Waals surface area contributed by atoms with E-state index in [2.05, 4.69) is 41.3 Å². The summed E-state index contributed by atoms with van der Waals surface area (Å²) >= 11 is 0. The number of nitrogens with zero attached hydrogens (tertiary/aromatic N) is 2. The van der Waals surface area contributed by atoms with Gasteiger partial charge in [0.25, 0.3) is 5.91 Å². The highest BCUT2D eigenvalue weighted by atomic mass is 16.5.